The molecule has 0 radical (unpaired) electrons. The summed E-state index contributed by atoms with van der Waals surface area (Å²) in [5, 5.41) is 11.5. The minimum absolute atomic E-state index is 0.381. The molecule has 0 heterocycles. The second-order valence-corrected chi connectivity index (χ2v) is 4.59. The number of nitrogens with two attached hydrogens (primary N) is 1. The van der Waals surface area contributed by atoms with Crippen LogP contribution in [0.25, 0.3) is 11.1 Å². The van der Waals surface area contributed by atoms with Gasteiger partial charge in [0.1, 0.15) is 11.8 Å². The zero-order chi connectivity index (χ0) is 15.2. The number of methoxy groups -OCH3 is 1. The number of carbonyl (C=O) groups excluding carboxylic acids is 1. The Labute approximate surface area is 123 Å². The fraction of sp³-hybridized carbons (Fsp3) is 0.188. The zero-order valence-corrected chi connectivity index (χ0v) is 11.7. The molecule has 1 unspecified atom stereocenters. The minimum atomic E-state index is -0.914. The van der Waals surface area contributed by atoms with Crippen molar-refractivity contribution in [2.75, 3.05) is 19.0 Å². The summed E-state index contributed by atoms with van der Waals surface area (Å²) in [4.78, 5) is 11.6. The third-order valence-electron chi connectivity index (χ3n) is 3.09. The van der Waals surface area contributed by atoms with E-state index < -0.39 is 11.9 Å². The summed E-state index contributed by atoms with van der Waals surface area (Å²) in [7, 11) is 1.63. The third kappa shape index (κ3) is 3.81. The van der Waals surface area contributed by atoms with Gasteiger partial charge in [-0.1, -0.05) is 24.3 Å². The summed E-state index contributed by atoms with van der Waals surface area (Å²) < 4.78 is 5.20. The summed E-state index contributed by atoms with van der Waals surface area (Å²) in [6, 6.07) is 14.2. The molecule has 5 nitrogen and oxygen atoms in total. The average molecular weight is 286 g/mol. The predicted molar refractivity (Wildman–Crippen MR) is 82.1 cm³/mol. The number of amides is 1. The summed E-state index contributed by atoms with van der Waals surface area (Å²) in [5.41, 5.74) is 8.12. The summed E-state index contributed by atoms with van der Waals surface area (Å²) in [6.07, 6.45) is 0. The van der Waals surface area contributed by atoms with E-state index in [0.717, 1.165) is 16.9 Å². The number of hydrogen-bond acceptors (Lipinski definition) is 4. The number of aliphatic hydroxyl groups is 1. The largest absolute Gasteiger partial charge is 0.497 e. The molecule has 0 spiro atoms. The Kier molecular flexibility index (Phi) is 4.92. The van der Waals surface area contributed by atoms with Crippen molar-refractivity contribution in [3.8, 4) is 16.9 Å². The standard InChI is InChI=1S/C16H18N2O3/c1-21-14-4-2-3-12(9-14)11-5-7-13(8-6-11)18-16(20)15(17)10-19/h2-9,15,19H,10,17H2,1H3,(H,18,20). The van der Waals surface area contributed by atoms with Crippen molar-refractivity contribution < 1.29 is 14.6 Å². The lowest BCUT2D eigenvalue weighted by Gasteiger charge is -2.10. The SMILES string of the molecule is COc1cccc(-c2ccc(NC(=O)C(N)CO)cc2)c1. The molecule has 0 saturated heterocycles. The Balaban J connectivity index is 2.13. The number of rotatable bonds is 5. The Morgan fingerprint density at radius 3 is 2.57 bits per heavy atom. The highest BCUT2D eigenvalue weighted by Crippen LogP contribution is 2.25. The molecule has 0 saturated carbocycles. The van der Waals surface area contributed by atoms with Crippen LogP contribution in [-0.2, 0) is 4.79 Å². The molecule has 110 valence electrons. The van der Waals surface area contributed by atoms with Gasteiger partial charge < -0.3 is 20.9 Å². The number of anilines is 1. The molecule has 21 heavy (non-hydrogen) atoms. The molecule has 0 bridgehead atoms. The highest BCUT2D eigenvalue weighted by molar-refractivity contribution is 5.94. The van der Waals surface area contributed by atoms with Crippen LogP contribution in [0.3, 0.4) is 0 Å². The van der Waals surface area contributed by atoms with Crippen LogP contribution in [-0.4, -0.2) is 30.8 Å². The average Bonchev–Trinajstić information content (AvgIpc) is 2.54. The van der Waals surface area contributed by atoms with E-state index in [1.165, 1.54) is 0 Å². The number of aliphatic hydroxyl groups excluding tert-OH is 1. The Morgan fingerprint density at radius 1 is 1.24 bits per heavy atom. The lowest BCUT2D eigenvalue weighted by Crippen LogP contribution is -2.38. The molecule has 2 aromatic rings. The molecular formula is C16H18N2O3. The maximum atomic E-state index is 11.6. The van der Waals surface area contributed by atoms with Gasteiger partial charge in [0, 0.05) is 5.69 Å². The van der Waals surface area contributed by atoms with E-state index in [-0.39, 0.29) is 6.61 Å². The van der Waals surface area contributed by atoms with Crippen molar-refractivity contribution in [3.63, 3.8) is 0 Å². The van der Waals surface area contributed by atoms with Gasteiger partial charge in [-0.15, -0.1) is 0 Å². The van der Waals surface area contributed by atoms with Crippen molar-refractivity contribution in [2.45, 2.75) is 6.04 Å². The van der Waals surface area contributed by atoms with Crippen LogP contribution in [0.4, 0.5) is 5.69 Å². The summed E-state index contributed by atoms with van der Waals surface area (Å²) in [6.45, 7) is -0.381. The predicted octanol–water partition coefficient (Wildman–Crippen LogP) is 1.62. The molecular weight excluding hydrogens is 268 g/mol. The highest BCUT2D eigenvalue weighted by Gasteiger charge is 2.11. The van der Waals surface area contributed by atoms with Gasteiger partial charge in [-0.25, -0.2) is 0 Å². The molecule has 0 aliphatic rings. The fourth-order valence-corrected chi connectivity index (χ4v) is 1.87. The van der Waals surface area contributed by atoms with Gasteiger partial charge in [-0.05, 0) is 35.4 Å². The Bertz CT molecular complexity index is 611. The van der Waals surface area contributed by atoms with Crippen LogP contribution in [0.15, 0.2) is 48.5 Å². The topological polar surface area (TPSA) is 84.6 Å². The van der Waals surface area contributed by atoms with Crippen molar-refractivity contribution in [3.05, 3.63) is 48.5 Å². The van der Waals surface area contributed by atoms with Crippen molar-refractivity contribution in [2.24, 2.45) is 5.73 Å². The lowest BCUT2D eigenvalue weighted by molar-refractivity contribution is -0.118. The van der Waals surface area contributed by atoms with Gasteiger partial charge in [0.05, 0.1) is 13.7 Å². The van der Waals surface area contributed by atoms with Crippen molar-refractivity contribution >= 4 is 11.6 Å². The lowest BCUT2D eigenvalue weighted by atomic mass is 10.1. The summed E-state index contributed by atoms with van der Waals surface area (Å²) >= 11 is 0. The van der Waals surface area contributed by atoms with E-state index in [2.05, 4.69) is 5.32 Å². The molecule has 5 heteroatoms. The molecule has 1 atom stereocenters. The van der Waals surface area contributed by atoms with Crippen LogP contribution in [0, 0.1) is 0 Å². The first kappa shape index (κ1) is 15.0. The molecule has 0 aromatic heterocycles. The maximum Gasteiger partial charge on any atom is 0.243 e. The molecule has 1 amide bonds. The van der Waals surface area contributed by atoms with Gasteiger partial charge in [0.2, 0.25) is 5.91 Å². The van der Waals surface area contributed by atoms with Gasteiger partial charge in [-0.3, -0.25) is 4.79 Å². The fourth-order valence-electron chi connectivity index (χ4n) is 1.87. The van der Waals surface area contributed by atoms with Crippen LogP contribution in [0.2, 0.25) is 0 Å². The van der Waals surface area contributed by atoms with Gasteiger partial charge in [0.15, 0.2) is 0 Å². The Morgan fingerprint density at radius 2 is 1.95 bits per heavy atom. The molecule has 0 aliphatic carbocycles. The van der Waals surface area contributed by atoms with Crippen LogP contribution >= 0.6 is 0 Å². The van der Waals surface area contributed by atoms with Crippen LogP contribution < -0.4 is 15.8 Å². The molecule has 2 rings (SSSR count). The number of benzene rings is 2. The van der Waals surface area contributed by atoms with Crippen LogP contribution in [0.5, 0.6) is 5.75 Å². The number of hydrogen-bond donors (Lipinski definition) is 3. The summed E-state index contributed by atoms with van der Waals surface area (Å²) in [5.74, 6) is 0.380. The monoisotopic (exact) mass is 286 g/mol. The van der Waals surface area contributed by atoms with E-state index in [1.54, 1.807) is 19.2 Å². The first-order valence-electron chi connectivity index (χ1n) is 6.56. The quantitative estimate of drug-likeness (QED) is 0.780. The van der Waals surface area contributed by atoms with Crippen molar-refractivity contribution in [1.82, 2.24) is 0 Å². The third-order valence-corrected chi connectivity index (χ3v) is 3.09. The zero-order valence-electron chi connectivity index (χ0n) is 11.7. The van der Waals surface area contributed by atoms with E-state index >= 15 is 0 Å². The second-order valence-electron chi connectivity index (χ2n) is 4.59. The molecule has 2 aromatic carbocycles. The van der Waals surface area contributed by atoms with E-state index in [0.29, 0.717) is 5.69 Å². The number of ether oxygens (including phenoxy) is 1. The smallest absolute Gasteiger partial charge is 0.243 e. The normalized spacial score (nSPS) is 11.8. The van der Waals surface area contributed by atoms with Gasteiger partial charge >= 0.3 is 0 Å². The van der Waals surface area contributed by atoms with Crippen molar-refractivity contribution in [1.29, 1.82) is 0 Å². The Hall–Kier alpha value is -2.37. The van der Waals surface area contributed by atoms with Crippen LogP contribution in [0.1, 0.15) is 0 Å². The first-order valence-corrected chi connectivity index (χ1v) is 6.56. The maximum absolute atomic E-state index is 11.6. The molecule has 0 aliphatic heterocycles. The number of nitrogens with one attached hydrogen (secondary N) is 1. The van der Waals surface area contributed by atoms with E-state index in [4.69, 9.17) is 15.6 Å². The number of carbonyl (C=O) groups is 1. The van der Waals surface area contributed by atoms with E-state index in [9.17, 15) is 4.79 Å². The van der Waals surface area contributed by atoms with E-state index in [1.807, 2.05) is 36.4 Å². The van der Waals surface area contributed by atoms with Gasteiger partial charge in [-0.2, -0.15) is 0 Å². The van der Waals surface area contributed by atoms with Gasteiger partial charge in [0.25, 0.3) is 0 Å². The molecule has 4 N–H and O–H groups in total. The molecule has 0 fully saturated rings. The first-order chi connectivity index (χ1) is 10.1. The minimum Gasteiger partial charge on any atom is -0.497 e. The highest BCUT2D eigenvalue weighted by atomic mass is 16.5. The second kappa shape index (κ2) is 6.88.